The van der Waals surface area contributed by atoms with Crippen LogP contribution in [0, 0.1) is 0 Å². The third-order valence-corrected chi connectivity index (χ3v) is 2.60. The third kappa shape index (κ3) is 3.63. The van der Waals surface area contributed by atoms with Crippen molar-refractivity contribution in [2.24, 2.45) is 0 Å². The Bertz CT molecular complexity index is 150. The van der Waals surface area contributed by atoms with Gasteiger partial charge in [0.15, 0.2) is 0 Å². The van der Waals surface area contributed by atoms with Gasteiger partial charge < -0.3 is 9.64 Å². The fourth-order valence-electron chi connectivity index (χ4n) is 1.58. The Morgan fingerprint density at radius 1 is 1.31 bits per heavy atom. The highest BCUT2D eigenvalue weighted by Crippen LogP contribution is 2.06. The Kier molecular flexibility index (Phi) is 4.16. The molecule has 0 unspecified atom stereocenters. The lowest BCUT2D eigenvalue weighted by atomic mass is 10.2. The molecule has 1 aliphatic heterocycles. The molecule has 1 rings (SSSR count). The van der Waals surface area contributed by atoms with Crippen LogP contribution in [-0.2, 0) is 4.74 Å². The fourth-order valence-corrected chi connectivity index (χ4v) is 1.58. The van der Waals surface area contributed by atoms with E-state index in [-0.39, 0.29) is 0 Å². The highest BCUT2D eigenvalue weighted by molar-refractivity contribution is 4.78. The first-order valence-electron chi connectivity index (χ1n) is 5.10. The van der Waals surface area contributed by atoms with Gasteiger partial charge in [0.25, 0.3) is 0 Å². The van der Waals surface area contributed by atoms with Crippen molar-refractivity contribution in [2.75, 3.05) is 40.3 Å². The van der Waals surface area contributed by atoms with Crippen LogP contribution in [-0.4, -0.2) is 62.3 Å². The molecule has 0 spiro atoms. The van der Waals surface area contributed by atoms with E-state index in [0.29, 0.717) is 12.1 Å². The number of hydrogen-bond donors (Lipinski definition) is 0. The number of piperazine rings is 1. The smallest absolute Gasteiger partial charge is 0.0637 e. The van der Waals surface area contributed by atoms with Crippen LogP contribution in [0.2, 0.25) is 0 Å². The molecule has 3 heteroatoms. The van der Waals surface area contributed by atoms with Gasteiger partial charge in [-0.1, -0.05) is 0 Å². The first-order valence-corrected chi connectivity index (χ1v) is 5.10. The zero-order chi connectivity index (χ0) is 9.84. The van der Waals surface area contributed by atoms with Crippen molar-refractivity contribution >= 4 is 0 Å². The molecular formula is C10H22N2O. The van der Waals surface area contributed by atoms with E-state index in [2.05, 4.69) is 37.7 Å². The van der Waals surface area contributed by atoms with E-state index in [0.717, 1.165) is 19.7 Å². The van der Waals surface area contributed by atoms with Gasteiger partial charge in [-0.15, -0.1) is 0 Å². The van der Waals surface area contributed by atoms with Crippen molar-refractivity contribution in [1.29, 1.82) is 0 Å². The van der Waals surface area contributed by atoms with Crippen LogP contribution in [0.15, 0.2) is 0 Å². The molecule has 1 atom stereocenters. The monoisotopic (exact) mass is 186 g/mol. The summed E-state index contributed by atoms with van der Waals surface area (Å²) in [5.74, 6) is 0. The Balaban J connectivity index is 2.29. The van der Waals surface area contributed by atoms with E-state index < -0.39 is 0 Å². The van der Waals surface area contributed by atoms with Crippen LogP contribution in [0.1, 0.15) is 13.8 Å². The molecule has 3 nitrogen and oxygen atoms in total. The van der Waals surface area contributed by atoms with E-state index in [1.165, 1.54) is 6.54 Å². The normalized spacial score (nSPS) is 27.0. The summed E-state index contributed by atoms with van der Waals surface area (Å²) in [5, 5.41) is 0. The predicted molar refractivity (Wildman–Crippen MR) is 55.0 cm³/mol. The highest BCUT2D eigenvalue weighted by atomic mass is 16.5. The lowest BCUT2D eigenvalue weighted by Crippen LogP contribution is -2.52. The zero-order valence-corrected chi connectivity index (χ0v) is 9.29. The molecule has 1 heterocycles. The van der Waals surface area contributed by atoms with Gasteiger partial charge in [-0.3, -0.25) is 4.90 Å². The molecule has 0 aromatic heterocycles. The second kappa shape index (κ2) is 4.94. The molecule has 0 aliphatic carbocycles. The van der Waals surface area contributed by atoms with Crippen LogP contribution in [0.5, 0.6) is 0 Å². The third-order valence-electron chi connectivity index (χ3n) is 2.60. The Labute approximate surface area is 81.7 Å². The molecule has 1 aliphatic rings. The average Bonchev–Trinajstić information content (AvgIpc) is 2.06. The van der Waals surface area contributed by atoms with E-state index in [1.807, 2.05) is 0 Å². The highest BCUT2D eigenvalue weighted by Gasteiger charge is 2.22. The number of rotatable bonds is 3. The van der Waals surface area contributed by atoms with Gasteiger partial charge in [-0.2, -0.15) is 0 Å². The van der Waals surface area contributed by atoms with Crippen molar-refractivity contribution in [1.82, 2.24) is 9.80 Å². The van der Waals surface area contributed by atoms with Crippen LogP contribution in [0.3, 0.4) is 0 Å². The molecule has 78 valence electrons. The standard InChI is InChI=1S/C10H22N2O/c1-9(2)13-8-10-7-11(3)5-6-12(10)4/h9-10H,5-8H2,1-4H3/t10-/m0/s1. The molecule has 1 saturated heterocycles. The van der Waals surface area contributed by atoms with Crippen molar-refractivity contribution in [2.45, 2.75) is 26.0 Å². The van der Waals surface area contributed by atoms with Crippen molar-refractivity contribution in [3.8, 4) is 0 Å². The van der Waals surface area contributed by atoms with Gasteiger partial charge in [0.1, 0.15) is 0 Å². The van der Waals surface area contributed by atoms with Crippen LogP contribution < -0.4 is 0 Å². The van der Waals surface area contributed by atoms with E-state index in [4.69, 9.17) is 4.74 Å². The van der Waals surface area contributed by atoms with Gasteiger partial charge >= 0.3 is 0 Å². The summed E-state index contributed by atoms with van der Waals surface area (Å²) in [6.07, 6.45) is 0.348. The van der Waals surface area contributed by atoms with E-state index >= 15 is 0 Å². The topological polar surface area (TPSA) is 15.7 Å². The lowest BCUT2D eigenvalue weighted by Gasteiger charge is -2.37. The number of nitrogens with zero attached hydrogens (tertiary/aromatic N) is 2. The summed E-state index contributed by atoms with van der Waals surface area (Å²) < 4.78 is 5.63. The minimum atomic E-state index is 0.348. The Morgan fingerprint density at radius 3 is 2.62 bits per heavy atom. The Hall–Kier alpha value is -0.120. The molecule has 13 heavy (non-hydrogen) atoms. The maximum atomic E-state index is 5.63. The number of hydrogen-bond acceptors (Lipinski definition) is 3. The quantitative estimate of drug-likeness (QED) is 0.644. The first kappa shape index (κ1) is 11.0. The molecule has 0 bridgehead atoms. The van der Waals surface area contributed by atoms with Crippen LogP contribution >= 0.6 is 0 Å². The number of ether oxygens (including phenoxy) is 1. The average molecular weight is 186 g/mol. The molecular weight excluding hydrogens is 164 g/mol. The summed E-state index contributed by atoms with van der Waals surface area (Å²) in [7, 11) is 4.36. The molecule has 0 saturated carbocycles. The van der Waals surface area contributed by atoms with Gasteiger partial charge in [0, 0.05) is 25.7 Å². The fraction of sp³-hybridized carbons (Fsp3) is 1.00. The summed E-state index contributed by atoms with van der Waals surface area (Å²) in [6.45, 7) is 8.50. The molecule has 0 aromatic carbocycles. The summed E-state index contributed by atoms with van der Waals surface area (Å²) in [4.78, 5) is 4.76. The summed E-state index contributed by atoms with van der Waals surface area (Å²) in [5.41, 5.74) is 0. The van der Waals surface area contributed by atoms with Gasteiger partial charge in [-0.05, 0) is 27.9 Å². The zero-order valence-electron chi connectivity index (χ0n) is 9.29. The molecule has 0 amide bonds. The van der Waals surface area contributed by atoms with Crippen molar-refractivity contribution in [3.05, 3.63) is 0 Å². The van der Waals surface area contributed by atoms with Gasteiger partial charge in [0.05, 0.1) is 12.7 Å². The summed E-state index contributed by atoms with van der Waals surface area (Å²) in [6, 6.07) is 0.571. The predicted octanol–water partition coefficient (Wildman–Crippen LogP) is 0.657. The molecule has 0 aromatic rings. The Morgan fingerprint density at radius 2 is 2.00 bits per heavy atom. The second-order valence-corrected chi connectivity index (χ2v) is 4.28. The van der Waals surface area contributed by atoms with Crippen molar-refractivity contribution < 1.29 is 4.74 Å². The van der Waals surface area contributed by atoms with E-state index in [1.54, 1.807) is 0 Å². The van der Waals surface area contributed by atoms with Crippen LogP contribution in [0.25, 0.3) is 0 Å². The van der Waals surface area contributed by atoms with Gasteiger partial charge in [0.2, 0.25) is 0 Å². The maximum absolute atomic E-state index is 5.63. The molecule has 0 radical (unpaired) electrons. The minimum Gasteiger partial charge on any atom is -0.377 e. The van der Waals surface area contributed by atoms with E-state index in [9.17, 15) is 0 Å². The van der Waals surface area contributed by atoms with Crippen molar-refractivity contribution in [3.63, 3.8) is 0 Å². The van der Waals surface area contributed by atoms with Gasteiger partial charge in [-0.25, -0.2) is 0 Å². The first-order chi connectivity index (χ1) is 6.09. The van der Waals surface area contributed by atoms with Crippen LogP contribution in [0.4, 0.5) is 0 Å². The molecule has 1 fully saturated rings. The molecule has 0 N–H and O–H groups in total. The summed E-state index contributed by atoms with van der Waals surface area (Å²) >= 11 is 0. The maximum Gasteiger partial charge on any atom is 0.0637 e. The number of likely N-dealkylation sites (N-methyl/N-ethyl adjacent to an activating group) is 2. The second-order valence-electron chi connectivity index (χ2n) is 4.28. The minimum absolute atomic E-state index is 0.348. The lowest BCUT2D eigenvalue weighted by molar-refractivity contribution is 0.00429. The largest absolute Gasteiger partial charge is 0.377 e. The SMILES string of the molecule is CC(C)OC[C@@H]1CN(C)CCN1C.